The van der Waals surface area contributed by atoms with Gasteiger partial charge in [0, 0.05) is 49.6 Å². The maximum atomic E-state index is 13.4. The zero-order valence-electron chi connectivity index (χ0n) is 11.9. The smallest absolute Gasteiger partial charge is 0.407 e. The summed E-state index contributed by atoms with van der Waals surface area (Å²) in [6, 6.07) is 4.43. The van der Waals surface area contributed by atoms with Gasteiger partial charge in [0.2, 0.25) is 5.91 Å². The number of amides is 1. The number of alkyl halides is 3. The van der Waals surface area contributed by atoms with E-state index in [1.807, 2.05) is 0 Å². The predicted octanol–water partition coefficient (Wildman–Crippen LogP) is 4.84. The van der Waals surface area contributed by atoms with Gasteiger partial charge >= 0.3 is 6.18 Å². The number of hydrogen-bond donors (Lipinski definition) is 1. The SMILES string of the molecule is [Ac].[C-]#[N+]c1ccc(-c2cc([NH-])c(F)cc2C(N)=O)cc1C(F)(F)F. The van der Waals surface area contributed by atoms with Gasteiger partial charge in [0.15, 0.2) is 5.69 Å². The van der Waals surface area contributed by atoms with Crippen LogP contribution in [0, 0.1) is 56.5 Å². The van der Waals surface area contributed by atoms with Crippen molar-refractivity contribution in [3.8, 4) is 11.1 Å². The van der Waals surface area contributed by atoms with Crippen LogP contribution in [0.2, 0.25) is 0 Å². The van der Waals surface area contributed by atoms with E-state index >= 15 is 0 Å². The van der Waals surface area contributed by atoms with Crippen LogP contribution in [-0.4, -0.2) is 5.91 Å². The molecule has 0 aromatic heterocycles. The number of primary amides is 1. The standard InChI is InChI=1S/C15H9F4N3O.Ac/c1-22-13-3-2-7(4-10(13)15(17,18)19)8-6-12(20)11(16)5-9(8)14(21)23;/h2-6H,(H4,20,21,23);/p-1. The molecule has 4 nitrogen and oxygen atoms in total. The van der Waals surface area contributed by atoms with E-state index < -0.39 is 34.8 Å². The second-order valence-electron chi connectivity index (χ2n) is 4.58. The topological polar surface area (TPSA) is 71.2 Å². The second kappa shape index (κ2) is 7.50. The predicted molar refractivity (Wildman–Crippen MR) is 75.6 cm³/mol. The van der Waals surface area contributed by atoms with Crippen LogP contribution < -0.4 is 5.73 Å². The van der Waals surface area contributed by atoms with Crippen LogP contribution >= 0.6 is 0 Å². The minimum atomic E-state index is -4.77. The molecule has 0 atom stereocenters. The van der Waals surface area contributed by atoms with Gasteiger partial charge in [-0.25, -0.2) is 9.24 Å². The maximum absolute atomic E-state index is 13.4. The molecule has 0 bridgehead atoms. The maximum Gasteiger partial charge on any atom is 0.407 e. The summed E-state index contributed by atoms with van der Waals surface area (Å²) in [6.45, 7) is 6.78. The zero-order chi connectivity index (χ0) is 17.4. The summed E-state index contributed by atoms with van der Waals surface area (Å²) >= 11 is 0. The van der Waals surface area contributed by atoms with E-state index in [0.29, 0.717) is 12.1 Å². The number of nitrogens with zero attached hydrogens (tertiary/aromatic N) is 1. The van der Waals surface area contributed by atoms with Crippen molar-refractivity contribution in [1.82, 2.24) is 0 Å². The van der Waals surface area contributed by atoms with Crippen molar-refractivity contribution in [1.29, 1.82) is 0 Å². The molecular formula is C15H8AcF4N3O-. The third-order valence-electron chi connectivity index (χ3n) is 3.11. The van der Waals surface area contributed by atoms with Crippen molar-refractivity contribution in [2.24, 2.45) is 5.73 Å². The molecular weight excluding hydrogens is 541 g/mol. The number of benzene rings is 2. The van der Waals surface area contributed by atoms with Crippen LogP contribution in [0.25, 0.3) is 21.7 Å². The number of halogens is 4. The third-order valence-corrected chi connectivity index (χ3v) is 3.11. The Hall–Kier alpha value is -1.64. The van der Waals surface area contributed by atoms with Crippen molar-refractivity contribution in [2.45, 2.75) is 6.18 Å². The fourth-order valence-electron chi connectivity index (χ4n) is 2.04. The Kier molecular flexibility index (Phi) is 6.38. The molecule has 0 heterocycles. The summed E-state index contributed by atoms with van der Waals surface area (Å²) in [5.74, 6) is -2.06. The molecule has 9 heteroatoms. The van der Waals surface area contributed by atoms with Crippen molar-refractivity contribution in [3.05, 3.63) is 64.4 Å². The largest absolute Gasteiger partial charge is 0.696 e. The third kappa shape index (κ3) is 4.06. The van der Waals surface area contributed by atoms with E-state index in [2.05, 4.69) is 4.85 Å². The fraction of sp³-hybridized carbons (Fsp3) is 0.0667. The molecule has 2 aromatic rings. The van der Waals surface area contributed by atoms with Gasteiger partial charge in [0.05, 0.1) is 12.1 Å². The van der Waals surface area contributed by atoms with Crippen LogP contribution in [0.3, 0.4) is 0 Å². The second-order valence-corrected chi connectivity index (χ2v) is 4.58. The first-order valence-electron chi connectivity index (χ1n) is 6.09. The van der Waals surface area contributed by atoms with Gasteiger partial charge in [-0.1, -0.05) is 24.3 Å². The first kappa shape index (κ1) is 20.4. The minimum absolute atomic E-state index is 0. The molecule has 0 saturated carbocycles. The van der Waals surface area contributed by atoms with Crippen LogP contribution in [0.1, 0.15) is 15.9 Å². The first-order valence-corrected chi connectivity index (χ1v) is 6.09. The molecule has 2 rings (SSSR count). The summed E-state index contributed by atoms with van der Waals surface area (Å²) in [6.07, 6.45) is -4.77. The van der Waals surface area contributed by atoms with Crippen molar-refractivity contribution >= 4 is 17.3 Å². The van der Waals surface area contributed by atoms with Crippen LogP contribution in [0.5, 0.6) is 0 Å². The van der Waals surface area contributed by atoms with Crippen LogP contribution in [-0.2, 0) is 6.18 Å². The summed E-state index contributed by atoms with van der Waals surface area (Å²) in [5.41, 5.74) is 9.60. The Balaban J connectivity index is 0.00000288. The van der Waals surface area contributed by atoms with E-state index in [0.717, 1.165) is 12.1 Å². The molecule has 121 valence electrons. The average Bonchev–Trinajstić information content (AvgIpc) is 2.47. The first-order chi connectivity index (χ1) is 10.6. The van der Waals surface area contributed by atoms with Crippen LogP contribution in [0.4, 0.5) is 28.9 Å². The molecule has 0 unspecified atom stereocenters. The summed E-state index contributed by atoms with van der Waals surface area (Å²) < 4.78 is 52.4. The monoisotopic (exact) mass is 549 g/mol. The Morgan fingerprint density at radius 2 is 1.83 bits per heavy atom. The molecule has 2 aromatic carbocycles. The van der Waals surface area contributed by atoms with E-state index in [9.17, 15) is 22.4 Å². The Morgan fingerprint density at radius 1 is 1.21 bits per heavy atom. The molecule has 0 saturated heterocycles. The number of carbonyl (C=O) groups is 1. The van der Waals surface area contributed by atoms with Gasteiger partial charge in [-0.15, -0.1) is 5.69 Å². The molecule has 0 spiro atoms. The Labute approximate surface area is 170 Å². The molecule has 1 radical (unpaired) electrons. The normalized spacial score (nSPS) is 10.6. The van der Waals surface area contributed by atoms with Gasteiger partial charge in [-0.3, -0.25) is 4.79 Å². The van der Waals surface area contributed by atoms with Gasteiger partial charge in [0.25, 0.3) is 0 Å². The Morgan fingerprint density at radius 3 is 2.33 bits per heavy atom. The van der Waals surface area contributed by atoms with Crippen molar-refractivity contribution < 1.29 is 66.4 Å². The minimum Gasteiger partial charge on any atom is -0.696 e. The van der Waals surface area contributed by atoms with E-state index in [1.54, 1.807) is 0 Å². The van der Waals surface area contributed by atoms with E-state index in [4.69, 9.17) is 18.0 Å². The quantitative estimate of drug-likeness (QED) is 0.423. The molecule has 0 aliphatic carbocycles. The van der Waals surface area contributed by atoms with Gasteiger partial charge in [-0.2, -0.15) is 13.2 Å². The Bertz CT molecular complexity index is 844. The number of carbonyl (C=O) groups excluding carboxylic acids is 1. The average molecular weight is 549 g/mol. The van der Waals surface area contributed by atoms with Crippen molar-refractivity contribution in [2.75, 3.05) is 0 Å². The summed E-state index contributed by atoms with van der Waals surface area (Å²) in [4.78, 5) is 14.2. The number of rotatable bonds is 2. The zero-order valence-corrected chi connectivity index (χ0v) is 16.7. The molecule has 0 aliphatic heterocycles. The number of nitrogens with one attached hydrogen (secondary N) is 1. The van der Waals surface area contributed by atoms with E-state index in [1.165, 1.54) is 6.07 Å². The van der Waals surface area contributed by atoms with E-state index in [-0.39, 0.29) is 60.8 Å². The summed E-state index contributed by atoms with van der Waals surface area (Å²) in [7, 11) is 0. The van der Waals surface area contributed by atoms with Crippen molar-refractivity contribution in [3.63, 3.8) is 0 Å². The molecule has 3 N–H and O–H groups in total. The molecule has 0 aliphatic rings. The summed E-state index contributed by atoms with van der Waals surface area (Å²) in [5, 5.41) is 0. The fourth-order valence-corrected chi connectivity index (χ4v) is 2.04. The van der Waals surface area contributed by atoms with Gasteiger partial charge < -0.3 is 11.5 Å². The molecule has 0 fully saturated rings. The number of nitrogens with two attached hydrogens (primary N) is 1. The number of hydrogen-bond acceptors (Lipinski definition) is 1. The van der Waals surface area contributed by atoms with Gasteiger partial charge in [0.1, 0.15) is 5.82 Å². The molecule has 24 heavy (non-hydrogen) atoms. The molecule has 1 amide bonds. The van der Waals surface area contributed by atoms with Crippen LogP contribution in [0.15, 0.2) is 30.3 Å². The van der Waals surface area contributed by atoms with Gasteiger partial charge in [-0.05, 0) is 17.2 Å².